The highest BCUT2D eigenvalue weighted by molar-refractivity contribution is 5.92. The molecule has 0 bridgehead atoms. The van der Waals surface area contributed by atoms with Crippen molar-refractivity contribution in [1.29, 1.82) is 0 Å². The number of carboxylic acids is 1. The number of hydrogen-bond donors (Lipinski definition) is 2. The van der Waals surface area contributed by atoms with Crippen LogP contribution in [0.5, 0.6) is 0 Å². The standard InChI is InChI=1S/C14H11N3O7/c18-12(15-9-3-1-4-10(7-9)17(22)23)8-24-16-6-2-5-11(13(16)19)14(20)21/h1-7H,8H2,(H,15,18)(H,20,21). The first-order chi connectivity index (χ1) is 11.4. The molecule has 2 aromatic rings. The monoisotopic (exact) mass is 333 g/mol. The quantitative estimate of drug-likeness (QED) is 0.580. The molecule has 124 valence electrons. The van der Waals surface area contributed by atoms with Gasteiger partial charge in [0.1, 0.15) is 5.56 Å². The number of nitro groups is 1. The highest BCUT2D eigenvalue weighted by atomic mass is 16.7. The van der Waals surface area contributed by atoms with Crippen LogP contribution in [-0.2, 0) is 4.79 Å². The van der Waals surface area contributed by atoms with Gasteiger partial charge in [0.15, 0.2) is 6.61 Å². The fraction of sp³-hybridized carbons (Fsp3) is 0.0714. The van der Waals surface area contributed by atoms with Crippen molar-refractivity contribution >= 4 is 23.3 Å². The van der Waals surface area contributed by atoms with Crippen LogP contribution in [-0.4, -0.2) is 33.2 Å². The van der Waals surface area contributed by atoms with E-state index in [0.29, 0.717) is 4.73 Å². The maximum atomic E-state index is 11.8. The van der Waals surface area contributed by atoms with Crippen molar-refractivity contribution in [3.8, 4) is 0 Å². The Morgan fingerprint density at radius 2 is 2.04 bits per heavy atom. The molecular formula is C14H11N3O7. The van der Waals surface area contributed by atoms with E-state index < -0.39 is 34.5 Å². The number of nitrogens with one attached hydrogen (secondary N) is 1. The summed E-state index contributed by atoms with van der Waals surface area (Å²) in [6, 6.07) is 7.66. The third kappa shape index (κ3) is 3.94. The fourth-order valence-electron chi connectivity index (χ4n) is 1.76. The Balaban J connectivity index is 2.03. The molecule has 0 spiro atoms. The molecular weight excluding hydrogens is 322 g/mol. The molecule has 0 atom stereocenters. The van der Waals surface area contributed by atoms with Crippen LogP contribution in [0.2, 0.25) is 0 Å². The molecule has 0 fully saturated rings. The second-order valence-corrected chi connectivity index (χ2v) is 4.49. The van der Waals surface area contributed by atoms with Crippen LogP contribution in [0.25, 0.3) is 0 Å². The minimum absolute atomic E-state index is 0.185. The lowest BCUT2D eigenvalue weighted by Gasteiger charge is -2.09. The van der Waals surface area contributed by atoms with Crippen LogP contribution < -0.4 is 15.7 Å². The molecule has 2 rings (SSSR count). The molecule has 0 saturated carbocycles. The summed E-state index contributed by atoms with van der Waals surface area (Å²) >= 11 is 0. The van der Waals surface area contributed by atoms with Crippen molar-refractivity contribution in [3.63, 3.8) is 0 Å². The summed E-state index contributed by atoms with van der Waals surface area (Å²) in [5.41, 5.74) is -1.44. The zero-order chi connectivity index (χ0) is 17.7. The fourth-order valence-corrected chi connectivity index (χ4v) is 1.76. The van der Waals surface area contributed by atoms with Crippen LogP contribution in [0.1, 0.15) is 10.4 Å². The van der Waals surface area contributed by atoms with Crippen LogP contribution in [0, 0.1) is 10.1 Å². The molecule has 0 radical (unpaired) electrons. The number of anilines is 1. The number of carbonyl (C=O) groups is 2. The second kappa shape index (κ2) is 7.05. The SMILES string of the molecule is O=C(COn1cccc(C(=O)O)c1=O)Nc1cccc([N+](=O)[O-])c1. The molecule has 0 aliphatic carbocycles. The van der Waals surface area contributed by atoms with Crippen molar-refractivity contribution in [2.24, 2.45) is 0 Å². The van der Waals surface area contributed by atoms with Gasteiger partial charge in [-0.3, -0.25) is 19.7 Å². The summed E-state index contributed by atoms with van der Waals surface area (Å²) in [6.45, 7) is -0.592. The van der Waals surface area contributed by atoms with E-state index in [2.05, 4.69) is 5.32 Å². The third-order valence-electron chi connectivity index (χ3n) is 2.82. The van der Waals surface area contributed by atoms with Gasteiger partial charge in [0.25, 0.3) is 17.2 Å². The van der Waals surface area contributed by atoms with Crippen molar-refractivity contribution in [2.45, 2.75) is 0 Å². The van der Waals surface area contributed by atoms with Crippen LogP contribution in [0.3, 0.4) is 0 Å². The first-order valence-corrected chi connectivity index (χ1v) is 6.51. The minimum atomic E-state index is -1.42. The number of aromatic nitrogens is 1. The number of nitrogens with zero attached hydrogens (tertiary/aromatic N) is 2. The summed E-state index contributed by atoms with van der Waals surface area (Å²) in [4.78, 5) is 49.3. The summed E-state index contributed by atoms with van der Waals surface area (Å²) in [6.07, 6.45) is 1.16. The van der Waals surface area contributed by atoms with E-state index in [1.165, 1.54) is 24.3 Å². The number of rotatable bonds is 6. The van der Waals surface area contributed by atoms with Gasteiger partial charge in [-0.05, 0) is 18.2 Å². The predicted molar refractivity (Wildman–Crippen MR) is 80.8 cm³/mol. The van der Waals surface area contributed by atoms with Crippen molar-refractivity contribution < 1.29 is 24.5 Å². The van der Waals surface area contributed by atoms with Gasteiger partial charge < -0.3 is 15.3 Å². The van der Waals surface area contributed by atoms with E-state index in [9.17, 15) is 24.5 Å². The zero-order valence-electron chi connectivity index (χ0n) is 12.0. The van der Waals surface area contributed by atoms with E-state index in [-0.39, 0.29) is 11.4 Å². The maximum absolute atomic E-state index is 11.8. The first kappa shape index (κ1) is 16.7. The van der Waals surface area contributed by atoms with Crippen molar-refractivity contribution in [2.75, 3.05) is 11.9 Å². The largest absolute Gasteiger partial charge is 0.477 e. The maximum Gasteiger partial charge on any atom is 0.341 e. The summed E-state index contributed by atoms with van der Waals surface area (Å²) in [5.74, 6) is -2.10. The van der Waals surface area contributed by atoms with E-state index in [1.807, 2.05) is 0 Å². The number of carboxylic acid groups (broad SMARTS) is 1. The molecule has 10 heteroatoms. The average Bonchev–Trinajstić information content (AvgIpc) is 2.53. The van der Waals surface area contributed by atoms with Gasteiger partial charge in [-0.1, -0.05) is 6.07 Å². The molecule has 2 N–H and O–H groups in total. The molecule has 0 unspecified atom stereocenters. The van der Waals surface area contributed by atoms with Gasteiger partial charge in [-0.25, -0.2) is 4.79 Å². The number of non-ortho nitro benzene ring substituents is 1. The minimum Gasteiger partial charge on any atom is -0.477 e. The highest BCUT2D eigenvalue weighted by Gasteiger charge is 2.12. The molecule has 10 nitrogen and oxygen atoms in total. The normalized spacial score (nSPS) is 10.0. The lowest BCUT2D eigenvalue weighted by molar-refractivity contribution is -0.384. The zero-order valence-corrected chi connectivity index (χ0v) is 12.0. The lowest BCUT2D eigenvalue weighted by atomic mass is 10.3. The van der Waals surface area contributed by atoms with Crippen LogP contribution >= 0.6 is 0 Å². The van der Waals surface area contributed by atoms with Crippen LogP contribution in [0.15, 0.2) is 47.4 Å². The van der Waals surface area contributed by atoms with Gasteiger partial charge in [0, 0.05) is 24.0 Å². The van der Waals surface area contributed by atoms with E-state index in [4.69, 9.17) is 9.94 Å². The Morgan fingerprint density at radius 1 is 1.29 bits per heavy atom. The molecule has 0 saturated heterocycles. The lowest BCUT2D eigenvalue weighted by Crippen LogP contribution is -2.34. The van der Waals surface area contributed by atoms with Gasteiger partial charge in [0.05, 0.1) is 4.92 Å². The molecule has 1 aromatic heterocycles. The van der Waals surface area contributed by atoms with Gasteiger partial charge in [-0.15, -0.1) is 0 Å². The van der Waals surface area contributed by atoms with Crippen molar-refractivity contribution in [1.82, 2.24) is 4.73 Å². The van der Waals surface area contributed by atoms with E-state index >= 15 is 0 Å². The molecule has 1 amide bonds. The number of nitro benzene ring substituents is 1. The molecule has 0 aliphatic heterocycles. The average molecular weight is 333 g/mol. The topological polar surface area (TPSA) is 141 Å². The summed E-state index contributed by atoms with van der Waals surface area (Å²) in [7, 11) is 0. The van der Waals surface area contributed by atoms with Crippen LogP contribution in [0.4, 0.5) is 11.4 Å². The first-order valence-electron chi connectivity index (χ1n) is 6.51. The Bertz CT molecular complexity index is 859. The third-order valence-corrected chi connectivity index (χ3v) is 2.82. The smallest absolute Gasteiger partial charge is 0.341 e. The number of pyridine rings is 1. The number of benzene rings is 1. The highest BCUT2D eigenvalue weighted by Crippen LogP contribution is 2.16. The predicted octanol–water partition coefficient (Wildman–Crippen LogP) is 0.522. The van der Waals surface area contributed by atoms with Gasteiger partial charge in [-0.2, -0.15) is 4.73 Å². The Morgan fingerprint density at radius 3 is 2.71 bits per heavy atom. The van der Waals surface area contributed by atoms with E-state index in [1.54, 1.807) is 0 Å². The second-order valence-electron chi connectivity index (χ2n) is 4.49. The van der Waals surface area contributed by atoms with Gasteiger partial charge in [0.2, 0.25) is 0 Å². The summed E-state index contributed by atoms with van der Waals surface area (Å²) in [5, 5.41) is 21.9. The van der Waals surface area contributed by atoms with Gasteiger partial charge >= 0.3 is 5.97 Å². The Labute approximate surface area is 134 Å². The molecule has 24 heavy (non-hydrogen) atoms. The molecule has 1 heterocycles. The number of hydrogen-bond acceptors (Lipinski definition) is 6. The Kier molecular flexibility index (Phi) is 4.90. The summed E-state index contributed by atoms with van der Waals surface area (Å²) < 4.78 is 0.622. The number of aromatic carboxylic acids is 1. The number of carbonyl (C=O) groups excluding carboxylic acids is 1. The number of amides is 1. The Hall–Kier alpha value is -3.69. The van der Waals surface area contributed by atoms with Crippen molar-refractivity contribution in [3.05, 3.63) is 68.6 Å². The van der Waals surface area contributed by atoms with E-state index in [0.717, 1.165) is 18.3 Å². The molecule has 0 aliphatic rings. The molecule has 1 aromatic carbocycles.